The lowest BCUT2D eigenvalue weighted by Crippen LogP contribution is -2.25. The summed E-state index contributed by atoms with van der Waals surface area (Å²) in [6.45, 7) is 2.22. The van der Waals surface area contributed by atoms with Gasteiger partial charge < -0.3 is 15.8 Å². The van der Waals surface area contributed by atoms with E-state index in [1.807, 2.05) is 49.4 Å². The van der Waals surface area contributed by atoms with Crippen LogP contribution in [0.15, 0.2) is 77.3 Å². The van der Waals surface area contributed by atoms with Gasteiger partial charge in [-0.25, -0.2) is 4.39 Å². The molecule has 0 fully saturated rings. The maximum Gasteiger partial charge on any atom is 0.253 e. The van der Waals surface area contributed by atoms with Crippen LogP contribution in [0.2, 0.25) is 0 Å². The maximum atomic E-state index is 13.9. The monoisotopic (exact) mass is 384 g/mol. The lowest BCUT2D eigenvalue weighted by molar-refractivity contribution is -0.117. The van der Waals surface area contributed by atoms with Gasteiger partial charge in [-0.1, -0.05) is 25.1 Å². The van der Waals surface area contributed by atoms with Gasteiger partial charge in [-0.3, -0.25) is 4.79 Å². The van der Waals surface area contributed by atoms with Gasteiger partial charge in [0.05, 0.1) is 12.1 Å². The third-order valence-corrected chi connectivity index (χ3v) is 5.14. The highest BCUT2D eigenvalue weighted by Crippen LogP contribution is 2.29. The van der Waals surface area contributed by atoms with E-state index in [0.717, 1.165) is 15.7 Å². The second kappa shape index (κ2) is 8.68. The Kier molecular flexibility index (Phi) is 6.08. The minimum atomic E-state index is -0.316. The number of para-hydroxylation sites is 1. The Morgan fingerprint density at radius 1 is 1.22 bits per heavy atom. The summed E-state index contributed by atoms with van der Waals surface area (Å²) in [4.78, 5) is 13.4. The molecule has 1 heterocycles. The molecule has 1 aliphatic rings. The molecule has 0 aliphatic heterocycles. The van der Waals surface area contributed by atoms with Crippen molar-refractivity contribution in [3.05, 3.63) is 82.2 Å². The van der Waals surface area contributed by atoms with Crippen LogP contribution in [0.25, 0.3) is 0 Å². The third kappa shape index (κ3) is 4.86. The van der Waals surface area contributed by atoms with E-state index in [1.54, 1.807) is 0 Å². The Bertz CT molecular complexity index is 913. The Morgan fingerprint density at radius 3 is 2.74 bits per heavy atom. The van der Waals surface area contributed by atoms with Crippen LogP contribution >= 0.6 is 11.3 Å². The first-order valence-electron chi connectivity index (χ1n) is 8.71. The average molecular weight is 384 g/mol. The zero-order valence-electron chi connectivity index (χ0n) is 15.0. The summed E-state index contributed by atoms with van der Waals surface area (Å²) in [6, 6.07) is 13.3. The van der Waals surface area contributed by atoms with Crippen LogP contribution in [-0.2, 0) is 11.3 Å². The van der Waals surface area contributed by atoms with Gasteiger partial charge in [0.2, 0.25) is 0 Å². The van der Waals surface area contributed by atoms with Crippen molar-refractivity contribution in [2.45, 2.75) is 26.3 Å². The number of carbonyl (C=O) groups excluding carboxylic acids is 1. The second-order valence-corrected chi connectivity index (χ2v) is 7.20. The fraction of sp³-hybridized carbons (Fsp3) is 0.190. The number of amides is 1. The molecule has 1 aromatic heterocycles. The number of thiophene rings is 1. The Hall–Kier alpha value is -2.86. The Morgan fingerprint density at radius 2 is 2.00 bits per heavy atom. The lowest BCUT2D eigenvalue weighted by atomic mass is 10.1. The minimum absolute atomic E-state index is 0.270. The van der Waals surface area contributed by atoms with E-state index in [2.05, 4.69) is 5.32 Å². The molecule has 1 aromatic carbocycles. The first-order valence-corrected chi connectivity index (χ1v) is 9.52. The quantitative estimate of drug-likeness (QED) is 0.740. The summed E-state index contributed by atoms with van der Waals surface area (Å²) < 4.78 is 19.7. The molecule has 4 nitrogen and oxygen atoms in total. The van der Waals surface area contributed by atoms with Gasteiger partial charge in [0, 0.05) is 17.0 Å². The first kappa shape index (κ1) is 18.9. The molecule has 140 valence electrons. The summed E-state index contributed by atoms with van der Waals surface area (Å²) >= 11 is 1.46. The van der Waals surface area contributed by atoms with Gasteiger partial charge in [0.15, 0.2) is 5.06 Å². The fourth-order valence-corrected chi connectivity index (χ4v) is 3.49. The van der Waals surface area contributed by atoms with Crippen molar-refractivity contribution in [3.8, 4) is 10.8 Å². The lowest BCUT2D eigenvalue weighted by Gasteiger charge is -2.09. The van der Waals surface area contributed by atoms with Crippen LogP contribution in [0.4, 0.5) is 4.39 Å². The number of benzene rings is 1. The fourth-order valence-electron chi connectivity index (χ4n) is 2.68. The van der Waals surface area contributed by atoms with Crippen LogP contribution in [0.5, 0.6) is 10.8 Å². The smallest absolute Gasteiger partial charge is 0.253 e. The van der Waals surface area contributed by atoms with Crippen molar-refractivity contribution in [3.63, 3.8) is 0 Å². The highest BCUT2D eigenvalue weighted by atomic mass is 32.1. The molecule has 0 saturated heterocycles. The highest BCUT2D eigenvalue weighted by Gasteiger charge is 2.17. The molecule has 6 heteroatoms. The van der Waals surface area contributed by atoms with E-state index in [1.165, 1.54) is 23.5 Å². The number of carbonyl (C=O) groups is 1. The summed E-state index contributed by atoms with van der Waals surface area (Å²) in [5.41, 5.74) is 7.31. The SMILES string of the molecule is CCC1=C(F)C=CC(C(=O)NCc2ccc(Oc3ccccc3)s2)=C(N)C1. The number of ether oxygens (including phenoxy) is 1. The number of halogens is 1. The van der Waals surface area contributed by atoms with Crippen molar-refractivity contribution in [1.29, 1.82) is 0 Å². The van der Waals surface area contributed by atoms with Crippen molar-refractivity contribution < 1.29 is 13.9 Å². The van der Waals surface area contributed by atoms with Crippen LogP contribution in [0.3, 0.4) is 0 Å². The minimum Gasteiger partial charge on any atom is -0.447 e. The van der Waals surface area contributed by atoms with E-state index in [-0.39, 0.29) is 18.2 Å². The number of hydrogen-bond donors (Lipinski definition) is 2. The largest absolute Gasteiger partial charge is 0.447 e. The summed E-state index contributed by atoms with van der Waals surface area (Å²) in [5.74, 6) is 0.134. The molecule has 1 aliphatic carbocycles. The molecule has 3 N–H and O–H groups in total. The molecule has 0 unspecified atom stereocenters. The summed E-state index contributed by atoms with van der Waals surface area (Å²) in [6.07, 6.45) is 3.59. The van der Waals surface area contributed by atoms with Crippen LogP contribution in [-0.4, -0.2) is 5.91 Å². The molecule has 0 radical (unpaired) electrons. The molecule has 2 aromatic rings. The average Bonchev–Trinajstić information content (AvgIpc) is 3.06. The van der Waals surface area contributed by atoms with E-state index < -0.39 is 0 Å². The number of nitrogens with two attached hydrogens (primary N) is 1. The van der Waals surface area contributed by atoms with Crippen molar-refractivity contribution in [1.82, 2.24) is 5.32 Å². The van der Waals surface area contributed by atoms with Crippen LogP contribution < -0.4 is 15.8 Å². The molecule has 0 spiro atoms. The van der Waals surface area contributed by atoms with Gasteiger partial charge >= 0.3 is 0 Å². The molecule has 0 saturated carbocycles. The second-order valence-electron chi connectivity index (χ2n) is 6.07. The predicted molar refractivity (Wildman–Crippen MR) is 106 cm³/mol. The highest BCUT2D eigenvalue weighted by molar-refractivity contribution is 7.13. The molecular weight excluding hydrogens is 363 g/mol. The molecule has 1 amide bonds. The van der Waals surface area contributed by atoms with E-state index >= 15 is 0 Å². The number of hydrogen-bond acceptors (Lipinski definition) is 4. The Balaban J connectivity index is 1.60. The van der Waals surface area contributed by atoms with Gasteiger partial charge in [-0.15, -0.1) is 11.3 Å². The van der Waals surface area contributed by atoms with Crippen molar-refractivity contribution >= 4 is 17.2 Å². The molecule has 27 heavy (non-hydrogen) atoms. The standard InChI is InChI=1S/C21H21FN2O2S/c1-2-14-12-19(23)17(9-10-18(14)22)21(25)24-13-16-8-11-20(27-16)26-15-6-4-3-5-7-15/h3-11H,2,12-13,23H2,1H3,(H,24,25). The van der Waals surface area contributed by atoms with Crippen LogP contribution in [0, 0.1) is 0 Å². The third-order valence-electron chi connectivity index (χ3n) is 4.18. The number of allylic oxidation sites excluding steroid dienone is 3. The maximum absolute atomic E-state index is 13.9. The van der Waals surface area contributed by atoms with Crippen molar-refractivity contribution in [2.24, 2.45) is 5.73 Å². The van der Waals surface area contributed by atoms with Crippen molar-refractivity contribution in [2.75, 3.05) is 0 Å². The predicted octanol–water partition coefficient (Wildman–Crippen LogP) is 4.96. The zero-order valence-corrected chi connectivity index (χ0v) is 15.8. The molecule has 3 rings (SSSR count). The number of rotatable bonds is 6. The van der Waals surface area contributed by atoms with E-state index in [9.17, 15) is 9.18 Å². The van der Waals surface area contributed by atoms with Gasteiger partial charge in [-0.05, 0) is 48.4 Å². The topological polar surface area (TPSA) is 64.3 Å². The number of nitrogens with one attached hydrogen (secondary N) is 1. The Labute approximate surface area is 161 Å². The van der Waals surface area contributed by atoms with Gasteiger partial charge in [0.1, 0.15) is 11.6 Å². The first-order chi connectivity index (χ1) is 13.1. The summed E-state index contributed by atoms with van der Waals surface area (Å²) in [7, 11) is 0. The molecule has 0 bridgehead atoms. The van der Waals surface area contributed by atoms with E-state index in [4.69, 9.17) is 10.5 Å². The normalized spacial score (nSPS) is 14.3. The molecule has 0 atom stereocenters. The zero-order chi connectivity index (χ0) is 19.2. The molecular formula is C21H21FN2O2S. The van der Waals surface area contributed by atoms with Gasteiger partial charge in [-0.2, -0.15) is 0 Å². The van der Waals surface area contributed by atoms with Crippen LogP contribution in [0.1, 0.15) is 24.6 Å². The summed E-state index contributed by atoms with van der Waals surface area (Å²) in [5, 5.41) is 3.59. The van der Waals surface area contributed by atoms with E-state index in [0.29, 0.717) is 29.8 Å². The van der Waals surface area contributed by atoms with Gasteiger partial charge in [0.25, 0.3) is 5.91 Å².